The predicted molar refractivity (Wildman–Crippen MR) is 126 cm³/mol. The average molecular weight is 461 g/mol. The largest absolute Gasteiger partial charge is 0.385 e. The Morgan fingerprint density at radius 3 is 2.79 bits per heavy atom. The molecular weight excluding hydrogens is 438 g/mol. The zero-order valence-corrected chi connectivity index (χ0v) is 18.6. The van der Waals surface area contributed by atoms with E-state index in [1.807, 2.05) is 0 Å². The SMILES string of the molecule is CNc1cc(Nc2cccn(-c3ccccn3)c2=O)nc2c(C(=O)N[C@@H]3CC[C@H]3OC)noc12. The molecular formula is C23H23N7O4. The van der Waals surface area contributed by atoms with Crippen LogP contribution in [0, 0.1) is 0 Å². The highest BCUT2D eigenvalue weighted by atomic mass is 16.5. The highest BCUT2D eigenvalue weighted by molar-refractivity contribution is 6.05. The Morgan fingerprint density at radius 2 is 2.09 bits per heavy atom. The Hall–Kier alpha value is -4.25. The van der Waals surface area contributed by atoms with Crippen molar-refractivity contribution in [2.45, 2.75) is 25.0 Å². The lowest BCUT2D eigenvalue weighted by molar-refractivity contribution is 0.00718. The molecule has 0 spiro atoms. The molecule has 4 aromatic rings. The number of nitrogens with zero attached hydrogens (tertiary/aromatic N) is 4. The molecule has 1 aliphatic rings. The van der Waals surface area contributed by atoms with Crippen LogP contribution in [-0.4, -0.2) is 51.9 Å². The standard InChI is InChI=1S/C23H23N7O4/c1-24-15-12-17(26-14-6-5-11-30(23(14)32)18-7-3-4-10-25-18)28-19-20(29-34-21(15)19)22(31)27-13-8-9-16(13)33-2/h3-7,10-13,16H,8-9H2,1-2H3,(H,27,31)(H2,24,26,28)/t13-,16-/m1/s1. The van der Waals surface area contributed by atoms with Gasteiger partial charge in [0, 0.05) is 32.6 Å². The number of ether oxygens (including phenoxy) is 1. The first-order valence-corrected chi connectivity index (χ1v) is 10.8. The summed E-state index contributed by atoms with van der Waals surface area (Å²) >= 11 is 0. The topological polar surface area (TPSA) is 136 Å². The second kappa shape index (κ2) is 8.94. The maximum Gasteiger partial charge on any atom is 0.279 e. The van der Waals surface area contributed by atoms with E-state index >= 15 is 0 Å². The first-order valence-electron chi connectivity index (χ1n) is 10.8. The molecule has 34 heavy (non-hydrogen) atoms. The number of nitrogens with one attached hydrogen (secondary N) is 3. The smallest absolute Gasteiger partial charge is 0.279 e. The van der Waals surface area contributed by atoms with E-state index in [9.17, 15) is 9.59 Å². The van der Waals surface area contributed by atoms with Crippen LogP contribution in [0.2, 0.25) is 0 Å². The minimum Gasteiger partial charge on any atom is -0.385 e. The third-order valence-electron chi connectivity index (χ3n) is 5.85. The lowest BCUT2D eigenvalue weighted by atomic mass is 9.89. The summed E-state index contributed by atoms with van der Waals surface area (Å²) in [5, 5.41) is 13.0. The van der Waals surface area contributed by atoms with Gasteiger partial charge in [-0.1, -0.05) is 11.2 Å². The van der Waals surface area contributed by atoms with E-state index in [4.69, 9.17) is 9.26 Å². The number of hydrogen-bond donors (Lipinski definition) is 3. The van der Waals surface area contributed by atoms with E-state index in [2.05, 4.69) is 31.1 Å². The van der Waals surface area contributed by atoms with Crippen molar-refractivity contribution in [3.05, 3.63) is 64.8 Å². The van der Waals surface area contributed by atoms with Crippen LogP contribution in [0.15, 0.2) is 58.1 Å². The summed E-state index contributed by atoms with van der Waals surface area (Å²) in [6.45, 7) is 0. The van der Waals surface area contributed by atoms with Crippen LogP contribution in [0.4, 0.5) is 17.2 Å². The molecule has 0 unspecified atom stereocenters. The van der Waals surface area contributed by atoms with Gasteiger partial charge in [-0.05, 0) is 37.1 Å². The second-order valence-electron chi connectivity index (χ2n) is 7.86. The summed E-state index contributed by atoms with van der Waals surface area (Å²) in [5.41, 5.74) is 1.25. The van der Waals surface area contributed by atoms with Gasteiger partial charge in [-0.3, -0.25) is 14.2 Å². The van der Waals surface area contributed by atoms with Crippen LogP contribution in [0.3, 0.4) is 0 Å². The number of aromatic nitrogens is 4. The molecule has 11 nitrogen and oxygen atoms in total. The van der Waals surface area contributed by atoms with Crippen molar-refractivity contribution in [2.75, 3.05) is 24.8 Å². The fraction of sp³-hybridized carbons (Fsp3) is 0.261. The summed E-state index contributed by atoms with van der Waals surface area (Å²) in [4.78, 5) is 34.7. The first-order chi connectivity index (χ1) is 16.6. The minimum atomic E-state index is -0.394. The molecule has 0 bridgehead atoms. The molecule has 1 amide bonds. The van der Waals surface area contributed by atoms with Crippen molar-refractivity contribution in [3.63, 3.8) is 0 Å². The molecule has 11 heteroatoms. The van der Waals surface area contributed by atoms with Crippen LogP contribution in [0.5, 0.6) is 0 Å². The third-order valence-corrected chi connectivity index (χ3v) is 5.85. The molecule has 1 saturated carbocycles. The summed E-state index contributed by atoms with van der Waals surface area (Å²) in [6.07, 6.45) is 4.97. The van der Waals surface area contributed by atoms with E-state index in [1.54, 1.807) is 62.9 Å². The normalized spacial score (nSPS) is 17.2. The molecule has 4 aromatic heterocycles. The number of carbonyl (C=O) groups is 1. The fourth-order valence-electron chi connectivity index (χ4n) is 3.88. The Labute approximate surface area is 194 Å². The number of methoxy groups -OCH3 is 1. The number of pyridine rings is 3. The summed E-state index contributed by atoms with van der Waals surface area (Å²) in [5.74, 6) is 0.455. The number of anilines is 3. The van der Waals surface area contributed by atoms with Gasteiger partial charge in [-0.25, -0.2) is 9.97 Å². The molecule has 4 heterocycles. The van der Waals surface area contributed by atoms with E-state index in [-0.39, 0.29) is 28.9 Å². The maximum absolute atomic E-state index is 13.0. The second-order valence-corrected chi connectivity index (χ2v) is 7.86. The van der Waals surface area contributed by atoms with Crippen molar-refractivity contribution in [1.82, 2.24) is 25.0 Å². The molecule has 1 aliphatic carbocycles. The van der Waals surface area contributed by atoms with Gasteiger partial charge in [0.25, 0.3) is 11.5 Å². The number of fused-ring (bicyclic) bond motifs is 1. The Morgan fingerprint density at radius 1 is 1.21 bits per heavy atom. The fourth-order valence-corrected chi connectivity index (χ4v) is 3.88. The monoisotopic (exact) mass is 461 g/mol. The zero-order chi connectivity index (χ0) is 23.7. The number of rotatable bonds is 7. The predicted octanol–water partition coefficient (Wildman–Crippen LogP) is 2.46. The third kappa shape index (κ3) is 3.86. The quantitative estimate of drug-likeness (QED) is 0.379. The van der Waals surface area contributed by atoms with Gasteiger partial charge >= 0.3 is 0 Å². The van der Waals surface area contributed by atoms with Crippen LogP contribution in [0.25, 0.3) is 16.9 Å². The molecule has 3 N–H and O–H groups in total. The average Bonchev–Trinajstić information content (AvgIpc) is 3.27. The van der Waals surface area contributed by atoms with E-state index < -0.39 is 5.91 Å². The lowest BCUT2D eigenvalue weighted by Gasteiger charge is -2.35. The molecule has 0 aliphatic heterocycles. The number of amides is 1. The minimum absolute atomic E-state index is 0.0143. The molecule has 0 aromatic carbocycles. The van der Waals surface area contributed by atoms with Crippen molar-refractivity contribution in [3.8, 4) is 5.82 Å². The number of hydrogen-bond acceptors (Lipinski definition) is 9. The highest BCUT2D eigenvalue weighted by Crippen LogP contribution is 2.29. The van der Waals surface area contributed by atoms with Crippen molar-refractivity contribution in [2.24, 2.45) is 0 Å². The van der Waals surface area contributed by atoms with Gasteiger partial charge in [-0.2, -0.15) is 0 Å². The van der Waals surface area contributed by atoms with Gasteiger partial charge in [0.2, 0.25) is 5.58 Å². The maximum atomic E-state index is 13.0. The van der Waals surface area contributed by atoms with Crippen LogP contribution >= 0.6 is 0 Å². The number of carbonyl (C=O) groups excluding carboxylic acids is 1. The van der Waals surface area contributed by atoms with Gasteiger partial charge < -0.3 is 25.2 Å². The molecule has 1 fully saturated rings. The highest BCUT2D eigenvalue weighted by Gasteiger charge is 2.33. The Kier molecular flexibility index (Phi) is 5.68. The lowest BCUT2D eigenvalue weighted by Crippen LogP contribution is -2.51. The Bertz CT molecular complexity index is 1400. The summed E-state index contributed by atoms with van der Waals surface area (Å²) < 4.78 is 12.2. The van der Waals surface area contributed by atoms with Gasteiger partial charge in [-0.15, -0.1) is 0 Å². The van der Waals surface area contributed by atoms with Gasteiger partial charge in [0.15, 0.2) is 5.69 Å². The summed E-state index contributed by atoms with van der Waals surface area (Å²) in [7, 11) is 3.34. The van der Waals surface area contributed by atoms with Gasteiger partial charge in [0.05, 0.1) is 17.8 Å². The molecule has 0 radical (unpaired) electrons. The van der Waals surface area contributed by atoms with E-state index in [0.717, 1.165) is 12.8 Å². The van der Waals surface area contributed by atoms with E-state index in [1.165, 1.54) is 4.57 Å². The molecule has 2 atom stereocenters. The van der Waals surface area contributed by atoms with Crippen LogP contribution < -0.4 is 21.5 Å². The van der Waals surface area contributed by atoms with Crippen molar-refractivity contribution < 1.29 is 14.1 Å². The zero-order valence-electron chi connectivity index (χ0n) is 18.6. The molecule has 0 saturated heterocycles. The molecule has 174 valence electrons. The van der Waals surface area contributed by atoms with Crippen LogP contribution in [0.1, 0.15) is 23.3 Å². The molecule has 5 rings (SSSR count). The summed E-state index contributed by atoms with van der Waals surface area (Å²) in [6, 6.07) is 10.3. The van der Waals surface area contributed by atoms with Crippen LogP contribution in [-0.2, 0) is 4.74 Å². The van der Waals surface area contributed by atoms with E-state index in [0.29, 0.717) is 28.6 Å². The first kappa shape index (κ1) is 21.6. The Balaban J connectivity index is 1.48. The van der Waals surface area contributed by atoms with Crippen molar-refractivity contribution in [1.29, 1.82) is 0 Å². The van der Waals surface area contributed by atoms with Crippen molar-refractivity contribution >= 4 is 34.2 Å². The van der Waals surface area contributed by atoms with Gasteiger partial charge in [0.1, 0.15) is 22.8 Å².